The first-order valence-corrected chi connectivity index (χ1v) is 28.6. The summed E-state index contributed by atoms with van der Waals surface area (Å²) in [6.07, 6.45) is 73.0. The zero-order valence-corrected chi connectivity index (χ0v) is 44.6. The normalized spacial score (nSPS) is 12.7. The van der Waals surface area contributed by atoms with Crippen LogP contribution in [0.1, 0.15) is 271 Å². The van der Waals surface area contributed by atoms with Crippen molar-refractivity contribution in [3.8, 4) is 0 Å². The third-order valence-corrected chi connectivity index (χ3v) is 12.1. The maximum Gasteiger partial charge on any atom is 0.306 e. The van der Waals surface area contributed by atoms with Crippen LogP contribution in [0.25, 0.3) is 0 Å². The van der Waals surface area contributed by atoms with Crippen LogP contribution in [-0.2, 0) is 28.6 Å². The molecule has 6 nitrogen and oxygen atoms in total. The van der Waals surface area contributed by atoms with E-state index < -0.39 is 6.10 Å². The van der Waals surface area contributed by atoms with E-state index in [4.69, 9.17) is 14.2 Å². The minimum atomic E-state index is -0.815. The topological polar surface area (TPSA) is 78.9 Å². The molecule has 68 heavy (non-hydrogen) atoms. The fraction of sp³-hybridized carbons (Fsp3) is 0.726. The molecule has 0 saturated carbocycles. The molecule has 1 atom stereocenters. The predicted octanol–water partition coefficient (Wildman–Crippen LogP) is 19.2. The Morgan fingerprint density at radius 2 is 0.588 bits per heavy atom. The van der Waals surface area contributed by atoms with Gasteiger partial charge in [0.15, 0.2) is 6.10 Å². The van der Waals surface area contributed by atoms with Gasteiger partial charge in [0.1, 0.15) is 13.2 Å². The van der Waals surface area contributed by atoms with Gasteiger partial charge in [-0.15, -0.1) is 0 Å². The summed E-state index contributed by atoms with van der Waals surface area (Å²) >= 11 is 0. The highest BCUT2D eigenvalue weighted by Crippen LogP contribution is 2.14. The number of esters is 3. The summed E-state index contributed by atoms with van der Waals surface area (Å²) in [6, 6.07) is 0. The summed E-state index contributed by atoms with van der Waals surface area (Å²) in [7, 11) is 0. The number of hydrogen-bond acceptors (Lipinski definition) is 6. The smallest absolute Gasteiger partial charge is 0.306 e. The molecule has 0 spiro atoms. The first-order valence-electron chi connectivity index (χ1n) is 28.6. The zero-order valence-electron chi connectivity index (χ0n) is 44.6. The van der Waals surface area contributed by atoms with Crippen molar-refractivity contribution in [1.82, 2.24) is 0 Å². The fourth-order valence-corrected chi connectivity index (χ4v) is 7.82. The molecule has 0 radical (unpaired) electrons. The number of unbranched alkanes of at least 4 members (excludes halogenated alkanes) is 26. The maximum atomic E-state index is 12.8. The summed E-state index contributed by atoms with van der Waals surface area (Å²) in [6.45, 7) is 6.47. The molecule has 390 valence electrons. The predicted molar refractivity (Wildman–Crippen MR) is 293 cm³/mol. The van der Waals surface area contributed by atoms with Gasteiger partial charge >= 0.3 is 17.9 Å². The lowest BCUT2D eigenvalue weighted by Crippen LogP contribution is -2.30. The Balaban J connectivity index is 4.47. The van der Waals surface area contributed by atoms with Crippen LogP contribution in [0, 0.1) is 0 Å². The summed E-state index contributed by atoms with van der Waals surface area (Å²) in [5.74, 6) is -0.982. The third kappa shape index (κ3) is 53.5. The molecule has 0 heterocycles. The van der Waals surface area contributed by atoms with Crippen molar-refractivity contribution in [3.63, 3.8) is 0 Å². The molecule has 0 bridgehead atoms. The SMILES string of the molecule is CC/C=C\C/C=C\C/C=C\CCCCCCC(=O)OCC(COC(=O)CCCCCCCCC/C=C\CCCCCCCCCC)OC(=O)CCC/C=C\C/C=C\C/C=C\CCCCCCCC. The highest BCUT2D eigenvalue weighted by Gasteiger charge is 2.19. The first kappa shape index (κ1) is 64.6. The zero-order chi connectivity index (χ0) is 49.3. The van der Waals surface area contributed by atoms with Gasteiger partial charge in [-0.3, -0.25) is 14.4 Å². The lowest BCUT2D eigenvalue weighted by atomic mass is 10.1. The Kier molecular flexibility index (Phi) is 53.4. The number of allylic oxidation sites excluding steroid dienone is 14. The monoisotopic (exact) mass is 947 g/mol. The van der Waals surface area contributed by atoms with Crippen LogP contribution in [0.15, 0.2) is 85.1 Å². The van der Waals surface area contributed by atoms with Crippen molar-refractivity contribution in [2.75, 3.05) is 13.2 Å². The molecule has 0 saturated heterocycles. The fourth-order valence-electron chi connectivity index (χ4n) is 7.82. The third-order valence-electron chi connectivity index (χ3n) is 12.1. The highest BCUT2D eigenvalue weighted by molar-refractivity contribution is 5.71. The summed E-state index contributed by atoms with van der Waals surface area (Å²) in [4.78, 5) is 38.1. The Bertz CT molecular complexity index is 1320. The van der Waals surface area contributed by atoms with Crippen LogP contribution < -0.4 is 0 Å². The van der Waals surface area contributed by atoms with Gasteiger partial charge in [0.05, 0.1) is 0 Å². The van der Waals surface area contributed by atoms with E-state index in [1.165, 1.54) is 135 Å². The van der Waals surface area contributed by atoms with Crippen LogP contribution in [0.5, 0.6) is 0 Å². The van der Waals surface area contributed by atoms with Crippen molar-refractivity contribution in [1.29, 1.82) is 0 Å². The molecular formula is C62H106O6. The number of hydrogen-bond donors (Lipinski definition) is 0. The van der Waals surface area contributed by atoms with E-state index in [0.29, 0.717) is 19.3 Å². The second-order valence-electron chi connectivity index (χ2n) is 18.8. The van der Waals surface area contributed by atoms with Crippen LogP contribution in [0.4, 0.5) is 0 Å². The Morgan fingerprint density at radius 1 is 0.309 bits per heavy atom. The summed E-state index contributed by atoms with van der Waals surface area (Å²) < 4.78 is 16.8. The van der Waals surface area contributed by atoms with E-state index in [1.807, 2.05) is 0 Å². The lowest BCUT2D eigenvalue weighted by Gasteiger charge is -2.18. The number of ether oxygens (including phenoxy) is 3. The second kappa shape index (κ2) is 56.2. The van der Waals surface area contributed by atoms with E-state index >= 15 is 0 Å². The van der Waals surface area contributed by atoms with E-state index in [2.05, 4.69) is 106 Å². The van der Waals surface area contributed by atoms with Crippen molar-refractivity contribution in [3.05, 3.63) is 85.1 Å². The molecule has 1 unspecified atom stereocenters. The average Bonchev–Trinajstić information content (AvgIpc) is 3.34. The second-order valence-corrected chi connectivity index (χ2v) is 18.8. The van der Waals surface area contributed by atoms with Gasteiger partial charge < -0.3 is 14.2 Å². The summed E-state index contributed by atoms with van der Waals surface area (Å²) in [5.41, 5.74) is 0. The van der Waals surface area contributed by atoms with Crippen LogP contribution in [0.3, 0.4) is 0 Å². The molecule has 0 aromatic heterocycles. The molecule has 0 fully saturated rings. The van der Waals surface area contributed by atoms with Crippen molar-refractivity contribution >= 4 is 17.9 Å². The van der Waals surface area contributed by atoms with Crippen LogP contribution >= 0.6 is 0 Å². The van der Waals surface area contributed by atoms with Gasteiger partial charge in [-0.2, -0.15) is 0 Å². The average molecular weight is 948 g/mol. The Labute approximate surface area is 420 Å². The Hall–Kier alpha value is -3.41. The van der Waals surface area contributed by atoms with Gasteiger partial charge in [-0.25, -0.2) is 0 Å². The first-order chi connectivity index (χ1) is 33.5. The van der Waals surface area contributed by atoms with Crippen molar-refractivity contribution < 1.29 is 28.6 Å². The van der Waals surface area contributed by atoms with E-state index in [-0.39, 0.29) is 37.5 Å². The van der Waals surface area contributed by atoms with Gasteiger partial charge in [0, 0.05) is 19.3 Å². The summed E-state index contributed by atoms with van der Waals surface area (Å²) in [5, 5.41) is 0. The molecule has 0 aromatic carbocycles. The van der Waals surface area contributed by atoms with Crippen molar-refractivity contribution in [2.24, 2.45) is 0 Å². The molecule has 0 aliphatic carbocycles. The van der Waals surface area contributed by atoms with Crippen LogP contribution in [0.2, 0.25) is 0 Å². The standard InChI is InChI=1S/C62H106O6/c1-4-7-10-13-16-19-22-25-28-30-31-33-34-37-40-43-46-49-52-55-61(64)67-58-59(57-66-60(63)54-51-48-45-42-39-36-27-24-21-18-15-12-9-6-3)68-62(65)56-53-50-47-44-41-38-35-32-29-26-23-20-17-14-11-8-5-2/h9,12,18,21,26-27,29-31,35-36,38,44,47,59H,4-8,10-11,13-17,19-20,22-25,28,32-34,37,39-43,45-46,48-58H2,1-3H3/b12-9-,21-18-,29-26-,31-30-,36-27-,38-35-,47-44-. The van der Waals surface area contributed by atoms with Gasteiger partial charge in [0.2, 0.25) is 0 Å². The number of carbonyl (C=O) groups excluding carboxylic acids is 3. The minimum absolute atomic E-state index is 0.106. The van der Waals surface area contributed by atoms with Crippen LogP contribution in [-0.4, -0.2) is 37.2 Å². The minimum Gasteiger partial charge on any atom is -0.462 e. The quantitative estimate of drug-likeness (QED) is 0.0262. The van der Waals surface area contributed by atoms with E-state index in [1.54, 1.807) is 0 Å². The molecule has 0 rings (SSSR count). The van der Waals surface area contributed by atoms with E-state index in [9.17, 15) is 14.4 Å². The molecule has 0 aromatic rings. The van der Waals surface area contributed by atoms with E-state index in [0.717, 1.165) is 89.9 Å². The molecule has 0 amide bonds. The highest BCUT2D eigenvalue weighted by atomic mass is 16.6. The van der Waals surface area contributed by atoms with Gasteiger partial charge in [0.25, 0.3) is 0 Å². The largest absolute Gasteiger partial charge is 0.462 e. The van der Waals surface area contributed by atoms with Gasteiger partial charge in [-0.1, -0.05) is 228 Å². The molecule has 0 aliphatic heterocycles. The maximum absolute atomic E-state index is 12.8. The molecule has 6 heteroatoms. The number of carbonyl (C=O) groups is 3. The molecular weight excluding hydrogens is 841 g/mol. The van der Waals surface area contributed by atoms with Gasteiger partial charge in [-0.05, 0) is 109 Å². The molecule has 0 N–H and O–H groups in total. The Morgan fingerprint density at radius 3 is 0.956 bits per heavy atom. The van der Waals surface area contributed by atoms with Crippen molar-refractivity contribution in [2.45, 2.75) is 277 Å². The number of rotatable bonds is 51. The lowest BCUT2D eigenvalue weighted by molar-refractivity contribution is -0.167. The molecule has 0 aliphatic rings.